The highest BCUT2D eigenvalue weighted by Gasteiger charge is 2.31. The minimum absolute atomic E-state index is 0.0311. The molecule has 1 saturated heterocycles. The van der Waals surface area contributed by atoms with Gasteiger partial charge in [-0.15, -0.1) is 10.2 Å². The number of aromatic nitrogens is 4. The van der Waals surface area contributed by atoms with E-state index in [1.165, 1.54) is 0 Å². The average Bonchev–Trinajstić information content (AvgIpc) is 3.52. The molecule has 0 unspecified atom stereocenters. The summed E-state index contributed by atoms with van der Waals surface area (Å²) in [4.78, 5) is 22.1. The molecule has 0 spiro atoms. The summed E-state index contributed by atoms with van der Waals surface area (Å²) in [5, 5.41) is 21.4. The fourth-order valence-corrected chi connectivity index (χ4v) is 4.55. The summed E-state index contributed by atoms with van der Waals surface area (Å²) in [6.45, 7) is 7.75. The molecule has 1 aromatic carbocycles. The molecule has 1 atom stereocenters. The molecule has 2 aliphatic rings. The van der Waals surface area contributed by atoms with Gasteiger partial charge >= 0.3 is 0 Å². The Kier molecular flexibility index (Phi) is 5.82. The van der Waals surface area contributed by atoms with Crippen LogP contribution in [0.5, 0.6) is 0 Å². The normalized spacial score (nSPS) is 18.4. The maximum atomic E-state index is 13.2. The van der Waals surface area contributed by atoms with Gasteiger partial charge in [-0.25, -0.2) is 4.98 Å². The van der Waals surface area contributed by atoms with Crippen molar-refractivity contribution in [1.82, 2.24) is 29.5 Å². The van der Waals surface area contributed by atoms with Crippen molar-refractivity contribution in [3.63, 3.8) is 0 Å². The van der Waals surface area contributed by atoms with Crippen molar-refractivity contribution in [3.05, 3.63) is 53.9 Å². The van der Waals surface area contributed by atoms with Gasteiger partial charge in [0, 0.05) is 38.8 Å². The highest BCUT2D eigenvalue weighted by molar-refractivity contribution is 6.04. The van der Waals surface area contributed by atoms with E-state index in [9.17, 15) is 9.90 Å². The molecular formula is C24H29N7O2. The smallest absolute Gasteiger partial charge is 0.256 e. The molecule has 172 valence electrons. The van der Waals surface area contributed by atoms with Gasteiger partial charge in [0.2, 0.25) is 0 Å². The number of β-amino-alcohol motifs (C(OH)–C–C–N with tert-alkyl or cyclic N) is 1. The summed E-state index contributed by atoms with van der Waals surface area (Å²) in [6.07, 6.45) is 2.27. The zero-order valence-electron chi connectivity index (χ0n) is 19.0. The maximum absolute atomic E-state index is 13.2. The van der Waals surface area contributed by atoms with Crippen LogP contribution in [0.2, 0.25) is 0 Å². The molecule has 1 fully saturated rings. The number of anilines is 2. The van der Waals surface area contributed by atoms with E-state index in [0.29, 0.717) is 36.8 Å². The Hall–Kier alpha value is -3.30. The van der Waals surface area contributed by atoms with Gasteiger partial charge in [0.1, 0.15) is 17.8 Å². The zero-order valence-corrected chi connectivity index (χ0v) is 19.0. The van der Waals surface area contributed by atoms with Crippen molar-refractivity contribution in [1.29, 1.82) is 0 Å². The van der Waals surface area contributed by atoms with E-state index in [0.717, 1.165) is 36.5 Å². The Balaban J connectivity index is 1.33. The molecular weight excluding hydrogens is 418 g/mol. The van der Waals surface area contributed by atoms with Crippen LogP contribution >= 0.6 is 0 Å². The lowest BCUT2D eigenvalue weighted by Crippen LogP contribution is -2.34. The van der Waals surface area contributed by atoms with Crippen LogP contribution in [0.25, 0.3) is 11.5 Å². The lowest BCUT2D eigenvalue weighted by atomic mass is 10.1. The van der Waals surface area contributed by atoms with Crippen molar-refractivity contribution in [2.24, 2.45) is 0 Å². The van der Waals surface area contributed by atoms with Gasteiger partial charge in [0.15, 0.2) is 5.82 Å². The number of amides is 1. The van der Waals surface area contributed by atoms with E-state index in [2.05, 4.69) is 34.3 Å². The number of rotatable bonds is 7. The second-order valence-corrected chi connectivity index (χ2v) is 9.00. The SMILES string of the molecule is CC(C)n1cnnc1-c1cccc(Nc2cccc3c2C(=O)N(CCN2CC[C@@H](O)C2)C3)n1. The van der Waals surface area contributed by atoms with Crippen LogP contribution in [0, 0.1) is 0 Å². The summed E-state index contributed by atoms with van der Waals surface area (Å²) in [5.41, 5.74) is 3.20. The third-order valence-corrected chi connectivity index (χ3v) is 6.32. The monoisotopic (exact) mass is 447 g/mol. The summed E-state index contributed by atoms with van der Waals surface area (Å²) in [6, 6.07) is 11.8. The largest absolute Gasteiger partial charge is 0.392 e. The molecule has 0 saturated carbocycles. The summed E-state index contributed by atoms with van der Waals surface area (Å²) in [5.74, 6) is 1.39. The molecule has 0 bridgehead atoms. The van der Waals surface area contributed by atoms with Crippen LogP contribution in [0.3, 0.4) is 0 Å². The van der Waals surface area contributed by atoms with Gasteiger partial charge in [0.05, 0.1) is 17.4 Å². The summed E-state index contributed by atoms with van der Waals surface area (Å²) in [7, 11) is 0. The number of benzene rings is 1. The molecule has 5 rings (SSSR count). The standard InChI is InChI=1S/C24H29N7O2/c1-16(2)31-15-25-28-23(31)20-7-4-8-21(27-20)26-19-6-3-5-17-13-30(24(33)22(17)19)12-11-29-10-9-18(32)14-29/h3-8,15-16,18,32H,9-14H2,1-2H3,(H,26,27)/t18-/m1/s1. The number of nitrogens with one attached hydrogen (secondary N) is 1. The Morgan fingerprint density at radius 1 is 1.18 bits per heavy atom. The van der Waals surface area contributed by atoms with Crippen molar-refractivity contribution in [3.8, 4) is 11.5 Å². The first kappa shape index (κ1) is 21.5. The molecule has 2 aromatic heterocycles. The second-order valence-electron chi connectivity index (χ2n) is 9.00. The number of carbonyl (C=O) groups is 1. The number of aliphatic hydroxyl groups is 1. The van der Waals surface area contributed by atoms with E-state index < -0.39 is 0 Å². The van der Waals surface area contributed by atoms with E-state index in [-0.39, 0.29) is 18.1 Å². The molecule has 33 heavy (non-hydrogen) atoms. The Bertz CT molecular complexity index is 1160. The molecule has 4 heterocycles. The number of carbonyl (C=O) groups excluding carboxylic acids is 1. The topological polar surface area (TPSA) is 99.4 Å². The Morgan fingerprint density at radius 3 is 2.82 bits per heavy atom. The van der Waals surface area contributed by atoms with E-state index in [1.807, 2.05) is 45.9 Å². The van der Waals surface area contributed by atoms with Crippen LogP contribution in [0.15, 0.2) is 42.7 Å². The number of pyridine rings is 1. The molecule has 1 amide bonds. The number of fused-ring (bicyclic) bond motifs is 1. The van der Waals surface area contributed by atoms with Crippen LogP contribution in [0.1, 0.15) is 42.2 Å². The van der Waals surface area contributed by atoms with E-state index >= 15 is 0 Å². The number of likely N-dealkylation sites (tertiary alicyclic amines) is 1. The molecule has 9 heteroatoms. The lowest BCUT2D eigenvalue weighted by Gasteiger charge is -2.21. The highest BCUT2D eigenvalue weighted by atomic mass is 16.3. The highest BCUT2D eigenvalue weighted by Crippen LogP contribution is 2.31. The average molecular weight is 448 g/mol. The minimum Gasteiger partial charge on any atom is -0.392 e. The fourth-order valence-electron chi connectivity index (χ4n) is 4.55. The van der Waals surface area contributed by atoms with Gasteiger partial charge in [-0.2, -0.15) is 0 Å². The first-order valence-electron chi connectivity index (χ1n) is 11.4. The second kappa shape index (κ2) is 8.92. The summed E-state index contributed by atoms with van der Waals surface area (Å²) < 4.78 is 1.98. The molecule has 0 radical (unpaired) electrons. The number of hydrogen-bond acceptors (Lipinski definition) is 7. The first-order valence-corrected chi connectivity index (χ1v) is 11.4. The van der Waals surface area contributed by atoms with Gasteiger partial charge in [-0.05, 0) is 44.0 Å². The molecule has 3 aromatic rings. The third-order valence-electron chi connectivity index (χ3n) is 6.32. The molecule has 9 nitrogen and oxygen atoms in total. The summed E-state index contributed by atoms with van der Waals surface area (Å²) >= 11 is 0. The van der Waals surface area contributed by atoms with Crippen LogP contribution in [-0.2, 0) is 6.54 Å². The van der Waals surface area contributed by atoms with Crippen molar-refractivity contribution < 1.29 is 9.90 Å². The minimum atomic E-state index is -0.245. The fraction of sp³-hybridized carbons (Fsp3) is 0.417. The quantitative estimate of drug-likeness (QED) is 0.574. The number of aliphatic hydroxyl groups excluding tert-OH is 1. The maximum Gasteiger partial charge on any atom is 0.256 e. The van der Waals surface area contributed by atoms with Crippen molar-refractivity contribution in [2.75, 3.05) is 31.5 Å². The van der Waals surface area contributed by atoms with Crippen LogP contribution in [-0.4, -0.2) is 72.8 Å². The van der Waals surface area contributed by atoms with Gasteiger partial charge in [-0.1, -0.05) is 18.2 Å². The lowest BCUT2D eigenvalue weighted by molar-refractivity contribution is 0.0761. The van der Waals surface area contributed by atoms with Crippen LogP contribution < -0.4 is 5.32 Å². The van der Waals surface area contributed by atoms with E-state index in [4.69, 9.17) is 4.98 Å². The Labute approximate surface area is 193 Å². The van der Waals surface area contributed by atoms with E-state index in [1.54, 1.807) is 6.33 Å². The first-order chi connectivity index (χ1) is 16.0. The molecule has 2 aliphatic heterocycles. The Morgan fingerprint density at radius 2 is 2.03 bits per heavy atom. The number of hydrogen-bond donors (Lipinski definition) is 2. The van der Waals surface area contributed by atoms with Crippen molar-refractivity contribution in [2.45, 2.75) is 39.0 Å². The zero-order chi connectivity index (χ0) is 22.9. The predicted molar refractivity (Wildman–Crippen MR) is 125 cm³/mol. The van der Waals surface area contributed by atoms with Crippen molar-refractivity contribution >= 4 is 17.4 Å². The van der Waals surface area contributed by atoms with Gasteiger partial charge < -0.3 is 19.9 Å². The predicted octanol–water partition coefficient (Wildman–Crippen LogP) is 2.69. The molecule has 0 aliphatic carbocycles. The third kappa shape index (κ3) is 4.34. The number of nitrogens with zero attached hydrogens (tertiary/aromatic N) is 6. The van der Waals surface area contributed by atoms with Gasteiger partial charge in [0.25, 0.3) is 5.91 Å². The van der Waals surface area contributed by atoms with Crippen LogP contribution in [0.4, 0.5) is 11.5 Å². The molecule has 2 N–H and O–H groups in total. The van der Waals surface area contributed by atoms with Gasteiger partial charge in [-0.3, -0.25) is 9.69 Å².